The Morgan fingerprint density at radius 3 is 2.46 bits per heavy atom. The van der Waals surface area contributed by atoms with Gasteiger partial charge in [-0.15, -0.1) is 0 Å². The Balaban J connectivity index is 2.83. The third kappa shape index (κ3) is 2.54. The summed E-state index contributed by atoms with van der Waals surface area (Å²) in [7, 11) is 0. The number of carbonyl (C=O) groups is 1. The van der Waals surface area contributed by atoms with Gasteiger partial charge >= 0.3 is 0 Å². The highest BCUT2D eigenvalue weighted by molar-refractivity contribution is 9.10. The lowest BCUT2D eigenvalue weighted by Gasteiger charge is -2.09. The number of hydrogen-bond donors (Lipinski definition) is 2. The van der Waals surface area contributed by atoms with Gasteiger partial charge in [-0.1, -0.05) is 28.1 Å². The fourth-order valence-corrected chi connectivity index (χ4v) is 1.29. The Hall–Kier alpha value is -0.870. The third-order valence-electron chi connectivity index (χ3n) is 1.91. The normalized spacial score (nSPS) is 12.2. The molecule has 0 aliphatic carbocycles. The van der Waals surface area contributed by atoms with Gasteiger partial charge in [-0.25, -0.2) is 5.84 Å². The summed E-state index contributed by atoms with van der Waals surface area (Å²) >= 11 is 3.32. The molecule has 4 heteroatoms. The molecule has 1 aromatic rings. The van der Waals surface area contributed by atoms with Gasteiger partial charge in [-0.3, -0.25) is 10.2 Å². The Morgan fingerprint density at radius 1 is 1.46 bits per heavy atom. The molecule has 0 aliphatic heterocycles. The Kier molecular flexibility index (Phi) is 3.45. The van der Waals surface area contributed by atoms with Gasteiger partial charge in [0.2, 0.25) is 5.91 Å². The van der Waals surface area contributed by atoms with Crippen LogP contribution in [-0.4, -0.2) is 5.91 Å². The monoisotopic (exact) mass is 242 g/mol. The molecule has 13 heavy (non-hydrogen) atoms. The lowest BCUT2D eigenvalue weighted by Crippen LogP contribution is -2.33. The van der Waals surface area contributed by atoms with E-state index in [0.29, 0.717) is 0 Å². The van der Waals surface area contributed by atoms with Crippen LogP contribution in [0, 0.1) is 0 Å². The van der Waals surface area contributed by atoms with Gasteiger partial charge in [-0.2, -0.15) is 0 Å². The molecule has 1 amide bonds. The molecule has 0 heterocycles. The van der Waals surface area contributed by atoms with Gasteiger partial charge in [0.05, 0.1) is 5.92 Å². The van der Waals surface area contributed by atoms with Gasteiger partial charge in [0.15, 0.2) is 0 Å². The zero-order valence-corrected chi connectivity index (χ0v) is 8.84. The molecule has 0 aliphatic rings. The summed E-state index contributed by atoms with van der Waals surface area (Å²) in [5.74, 6) is 4.64. The summed E-state index contributed by atoms with van der Waals surface area (Å²) in [6, 6.07) is 7.58. The van der Waals surface area contributed by atoms with Crippen molar-refractivity contribution in [2.24, 2.45) is 5.84 Å². The highest BCUT2D eigenvalue weighted by atomic mass is 79.9. The van der Waals surface area contributed by atoms with Crippen LogP contribution in [-0.2, 0) is 4.79 Å². The third-order valence-corrected chi connectivity index (χ3v) is 2.43. The Morgan fingerprint density at radius 2 is 2.00 bits per heavy atom. The molecule has 1 unspecified atom stereocenters. The highest BCUT2D eigenvalue weighted by Gasteiger charge is 2.12. The minimum absolute atomic E-state index is 0.178. The van der Waals surface area contributed by atoms with Crippen molar-refractivity contribution in [1.82, 2.24) is 5.43 Å². The van der Waals surface area contributed by atoms with Crippen molar-refractivity contribution in [3.05, 3.63) is 34.3 Å². The molecule has 1 atom stereocenters. The van der Waals surface area contributed by atoms with Gasteiger partial charge in [0, 0.05) is 4.47 Å². The second kappa shape index (κ2) is 4.39. The van der Waals surface area contributed by atoms with E-state index in [1.54, 1.807) is 0 Å². The van der Waals surface area contributed by atoms with Crippen molar-refractivity contribution in [2.75, 3.05) is 0 Å². The van der Waals surface area contributed by atoms with Crippen molar-refractivity contribution in [3.63, 3.8) is 0 Å². The summed E-state index contributed by atoms with van der Waals surface area (Å²) < 4.78 is 0.997. The summed E-state index contributed by atoms with van der Waals surface area (Å²) in [5, 5.41) is 0. The molecule has 3 N–H and O–H groups in total. The first-order valence-corrected chi connectivity index (χ1v) is 4.70. The standard InChI is InChI=1S/C9H11BrN2O/c1-6(9(13)12-11)7-2-4-8(10)5-3-7/h2-6H,11H2,1H3,(H,12,13). The fraction of sp³-hybridized carbons (Fsp3) is 0.222. The number of halogens is 1. The second-order valence-corrected chi connectivity index (χ2v) is 3.70. The molecular formula is C9H11BrN2O. The van der Waals surface area contributed by atoms with Crippen LogP contribution in [0.4, 0.5) is 0 Å². The molecular weight excluding hydrogens is 232 g/mol. The number of hydrazine groups is 1. The van der Waals surface area contributed by atoms with E-state index in [1.807, 2.05) is 31.2 Å². The summed E-state index contributed by atoms with van der Waals surface area (Å²) in [5.41, 5.74) is 3.08. The van der Waals surface area contributed by atoms with Gasteiger partial charge in [0.1, 0.15) is 0 Å². The van der Waals surface area contributed by atoms with E-state index in [1.165, 1.54) is 0 Å². The molecule has 3 nitrogen and oxygen atoms in total. The van der Waals surface area contributed by atoms with Crippen LogP contribution in [0.5, 0.6) is 0 Å². The van der Waals surface area contributed by atoms with Crippen LogP contribution in [0.2, 0.25) is 0 Å². The molecule has 0 fully saturated rings. The van der Waals surface area contributed by atoms with Crippen LogP contribution >= 0.6 is 15.9 Å². The number of amides is 1. The largest absolute Gasteiger partial charge is 0.294 e. The zero-order chi connectivity index (χ0) is 9.84. The molecule has 1 aromatic carbocycles. The summed E-state index contributed by atoms with van der Waals surface area (Å²) in [6.45, 7) is 1.81. The van der Waals surface area contributed by atoms with Crippen LogP contribution in [0.15, 0.2) is 28.7 Å². The zero-order valence-electron chi connectivity index (χ0n) is 7.25. The summed E-state index contributed by atoms with van der Waals surface area (Å²) in [6.07, 6.45) is 0. The van der Waals surface area contributed by atoms with Crippen LogP contribution in [0.1, 0.15) is 18.4 Å². The maximum Gasteiger partial charge on any atom is 0.241 e. The Bertz CT molecular complexity index is 297. The molecule has 0 saturated heterocycles. The van der Waals surface area contributed by atoms with Crippen molar-refractivity contribution in [1.29, 1.82) is 0 Å². The first-order chi connectivity index (χ1) is 6.15. The van der Waals surface area contributed by atoms with Crippen molar-refractivity contribution < 1.29 is 4.79 Å². The fourth-order valence-electron chi connectivity index (χ4n) is 1.03. The molecule has 0 spiro atoms. The van der Waals surface area contributed by atoms with E-state index in [9.17, 15) is 4.79 Å². The lowest BCUT2D eigenvalue weighted by molar-refractivity contribution is -0.122. The predicted octanol–water partition coefficient (Wildman–Crippen LogP) is 1.54. The van der Waals surface area contributed by atoms with Crippen LogP contribution in [0.3, 0.4) is 0 Å². The SMILES string of the molecule is CC(C(=O)NN)c1ccc(Br)cc1. The average molecular weight is 243 g/mol. The van der Waals surface area contributed by atoms with Crippen LogP contribution < -0.4 is 11.3 Å². The number of nitrogens with two attached hydrogens (primary N) is 1. The quantitative estimate of drug-likeness (QED) is 0.470. The van der Waals surface area contributed by atoms with E-state index < -0.39 is 0 Å². The van der Waals surface area contributed by atoms with Crippen molar-refractivity contribution >= 4 is 21.8 Å². The van der Waals surface area contributed by atoms with E-state index in [0.717, 1.165) is 10.0 Å². The number of rotatable bonds is 2. The summed E-state index contributed by atoms with van der Waals surface area (Å²) in [4.78, 5) is 11.1. The molecule has 0 radical (unpaired) electrons. The topological polar surface area (TPSA) is 55.1 Å². The number of nitrogens with one attached hydrogen (secondary N) is 1. The van der Waals surface area contributed by atoms with Crippen LogP contribution in [0.25, 0.3) is 0 Å². The number of benzene rings is 1. The van der Waals surface area contributed by atoms with E-state index >= 15 is 0 Å². The lowest BCUT2D eigenvalue weighted by atomic mass is 10.0. The minimum atomic E-state index is -0.210. The van der Waals surface area contributed by atoms with Gasteiger partial charge in [0.25, 0.3) is 0 Å². The number of hydrogen-bond acceptors (Lipinski definition) is 2. The second-order valence-electron chi connectivity index (χ2n) is 2.78. The number of carbonyl (C=O) groups excluding carboxylic acids is 1. The average Bonchev–Trinajstić information content (AvgIpc) is 2.17. The first kappa shape index (κ1) is 10.2. The maximum atomic E-state index is 11.1. The van der Waals surface area contributed by atoms with Gasteiger partial charge < -0.3 is 0 Å². The molecule has 1 rings (SSSR count). The Labute approximate surface area is 85.4 Å². The first-order valence-electron chi connectivity index (χ1n) is 3.91. The maximum absolute atomic E-state index is 11.1. The minimum Gasteiger partial charge on any atom is -0.294 e. The molecule has 70 valence electrons. The highest BCUT2D eigenvalue weighted by Crippen LogP contribution is 2.18. The van der Waals surface area contributed by atoms with E-state index in [4.69, 9.17) is 5.84 Å². The van der Waals surface area contributed by atoms with Crippen molar-refractivity contribution in [2.45, 2.75) is 12.8 Å². The molecule has 0 aromatic heterocycles. The molecule has 0 saturated carbocycles. The smallest absolute Gasteiger partial charge is 0.241 e. The predicted molar refractivity (Wildman–Crippen MR) is 54.9 cm³/mol. The van der Waals surface area contributed by atoms with E-state index in [-0.39, 0.29) is 11.8 Å². The van der Waals surface area contributed by atoms with E-state index in [2.05, 4.69) is 21.4 Å². The van der Waals surface area contributed by atoms with Gasteiger partial charge in [-0.05, 0) is 24.6 Å². The molecule has 0 bridgehead atoms. The van der Waals surface area contributed by atoms with Crippen molar-refractivity contribution in [3.8, 4) is 0 Å².